The Labute approximate surface area is 63.2 Å². The van der Waals surface area contributed by atoms with E-state index in [0.29, 0.717) is 0 Å². The van der Waals surface area contributed by atoms with Gasteiger partial charge in [0.05, 0.1) is 6.67 Å². The van der Waals surface area contributed by atoms with Crippen molar-refractivity contribution >= 4 is 0 Å². The molecule has 1 fully saturated rings. The molecule has 0 amide bonds. The highest BCUT2D eigenvalue weighted by atomic mass is 15.7. The molecule has 10 heavy (non-hydrogen) atoms. The van der Waals surface area contributed by atoms with Crippen LogP contribution in [0.2, 0.25) is 0 Å². The Morgan fingerprint density at radius 1 is 1.40 bits per heavy atom. The minimum Gasteiger partial charge on any atom is -0.291 e. The molecule has 0 aromatic carbocycles. The standard InChI is InChI=1S/C7H17N3/c1-4-9(3)10-6-5-8(2)7-10/h4-7H2,1-3H3. The van der Waals surface area contributed by atoms with Crippen molar-refractivity contribution in [2.75, 3.05) is 40.4 Å². The van der Waals surface area contributed by atoms with Crippen LogP contribution in [0.5, 0.6) is 0 Å². The predicted octanol–water partition coefficient (Wildman–Crippen LogP) is 0.0580. The first-order valence-electron chi connectivity index (χ1n) is 3.88. The first kappa shape index (κ1) is 7.98. The lowest BCUT2D eigenvalue weighted by atomic mass is 10.6. The molecular formula is C7H17N3. The molecule has 3 nitrogen and oxygen atoms in total. The molecule has 0 bridgehead atoms. The van der Waals surface area contributed by atoms with E-state index in [0.717, 1.165) is 13.2 Å². The van der Waals surface area contributed by atoms with Crippen LogP contribution in [0.3, 0.4) is 0 Å². The fourth-order valence-electron chi connectivity index (χ4n) is 1.18. The van der Waals surface area contributed by atoms with Gasteiger partial charge in [0, 0.05) is 26.7 Å². The Morgan fingerprint density at radius 2 is 2.10 bits per heavy atom. The third-order valence-electron chi connectivity index (χ3n) is 2.08. The van der Waals surface area contributed by atoms with Crippen molar-refractivity contribution < 1.29 is 0 Å². The molecule has 1 aliphatic rings. The van der Waals surface area contributed by atoms with Crippen LogP contribution in [0.15, 0.2) is 0 Å². The van der Waals surface area contributed by atoms with Crippen LogP contribution in [0.1, 0.15) is 6.92 Å². The van der Waals surface area contributed by atoms with E-state index in [1.54, 1.807) is 0 Å². The van der Waals surface area contributed by atoms with Crippen LogP contribution < -0.4 is 0 Å². The molecule has 0 aliphatic carbocycles. The summed E-state index contributed by atoms with van der Waals surface area (Å²) in [5.74, 6) is 0. The van der Waals surface area contributed by atoms with E-state index in [9.17, 15) is 0 Å². The van der Waals surface area contributed by atoms with Gasteiger partial charge in [0.15, 0.2) is 0 Å². The van der Waals surface area contributed by atoms with Crippen LogP contribution in [0.25, 0.3) is 0 Å². The minimum absolute atomic E-state index is 1.09. The summed E-state index contributed by atoms with van der Waals surface area (Å²) in [6.07, 6.45) is 0. The number of rotatable bonds is 2. The highest BCUT2D eigenvalue weighted by Crippen LogP contribution is 2.03. The van der Waals surface area contributed by atoms with Crippen molar-refractivity contribution in [1.29, 1.82) is 0 Å². The van der Waals surface area contributed by atoms with Crippen molar-refractivity contribution in [3.8, 4) is 0 Å². The quantitative estimate of drug-likeness (QED) is 0.541. The number of likely N-dealkylation sites (N-methyl/N-ethyl adjacent to an activating group) is 1. The van der Waals surface area contributed by atoms with Gasteiger partial charge >= 0.3 is 0 Å². The van der Waals surface area contributed by atoms with Gasteiger partial charge in [-0.25, -0.2) is 10.0 Å². The first-order chi connectivity index (χ1) is 4.74. The van der Waals surface area contributed by atoms with E-state index in [1.807, 2.05) is 0 Å². The molecule has 1 heterocycles. The average molecular weight is 143 g/mol. The second-order valence-corrected chi connectivity index (χ2v) is 2.93. The van der Waals surface area contributed by atoms with Gasteiger partial charge in [0.25, 0.3) is 0 Å². The molecule has 0 saturated carbocycles. The second-order valence-electron chi connectivity index (χ2n) is 2.93. The zero-order valence-corrected chi connectivity index (χ0v) is 7.17. The summed E-state index contributed by atoms with van der Waals surface area (Å²) < 4.78 is 0. The van der Waals surface area contributed by atoms with E-state index in [-0.39, 0.29) is 0 Å². The zero-order valence-electron chi connectivity index (χ0n) is 7.17. The monoisotopic (exact) mass is 143 g/mol. The lowest BCUT2D eigenvalue weighted by Gasteiger charge is -2.25. The van der Waals surface area contributed by atoms with Gasteiger partial charge in [0.2, 0.25) is 0 Å². The van der Waals surface area contributed by atoms with E-state index in [2.05, 4.69) is 35.9 Å². The molecule has 0 spiro atoms. The van der Waals surface area contributed by atoms with E-state index >= 15 is 0 Å². The summed E-state index contributed by atoms with van der Waals surface area (Å²) in [5, 5.41) is 4.63. The van der Waals surface area contributed by atoms with Gasteiger partial charge in [-0.1, -0.05) is 6.92 Å². The fraction of sp³-hybridized carbons (Fsp3) is 1.00. The smallest absolute Gasteiger partial charge is 0.0646 e. The summed E-state index contributed by atoms with van der Waals surface area (Å²) in [5.41, 5.74) is 0. The van der Waals surface area contributed by atoms with E-state index in [1.165, 1.54) is 13.1 Å². The van der Waals surface area contributed by atoms with Crippen molar-refractivity contribution in [3.63, 3.8) is 0 Å². The molecule has 60 valence electrons. The number of hydrazine groups is 1. The Bertz CT molecular complexity index is 105. The van der Waals surface area contributed by atoms with Crippen molar-refractivity contribution in [1.82, 2.24) is 14.9 Å². The van der Waals surface area contributed by atoms with Gasteiger partial charge in [-0.05, 0) is 7.05 Å². The van der Waals surface area contributed by atoms with E-state index < -0.39 is 0 Å². The normalized spacial score (nSPS) is 22.8. The fourth-order valence-corrected chi connectivity index (χ4v) is 1.18. The van der Waals surface area contributed by atoms with Crippen molar-refractivity contribution in [2.24, 2.45) is 0 Å². The maximum atomic E-state index is 2.36. The maximum Gasteiger partial charge on any atom is 0.0646 e. The molecule has 1 saturated heterocycles. The molecule has 0 unspecified atom stereocenters. The number of hydrogen-bond donors (Lipinski definition) is 0. The van der Waals surface area contributed by atoms with Crippen LogP contribution in [-0.2, 0) is 0 Å². The van der Waals surface area contributed by atoms with Gasteiger partial charge in [-0.15, -0.1) is 0 Å². The lowest BCUT2D eigenvalue weighted by molar-refractivity contribution is 0.0163. The Balaban J connectivity index is 2.29. The molecular weight excluding hydrogens is 126 g/mol. The average Bonchev–Trinajstić information content (AvgIpc) is 2.34. The summed E-state index contributed by atoms with van der Waals surface area (Å²) in [6.45, 7) is 6.75. The van der Waals surface area contributed by atoms with Crippen molar-refractivity contribution in [3.05, 3.63) is 0 Å². The Kier molecular flexibility index (Phi) is 2.65. The summed E-state index contributed by atoms with van der Waals surface area (Å²) in [6, 6.07) is 0. The van der Waals surface area contributed by atoms with Gasteiger partial charge in [0.1, 0.15) is 0 Å². The Morgan fingerprint density at radius 3 is 2.50 bits per heavy atom. The first-order valence-corrected chi connectivity index (χ1v) is 3.88. The molecule has 0 aromatic heterocycles. The maximum absolute atomic E-state index is 2.36. The molecule has 0 radical (unpaired) electrons. The minimum atomic E-state index is 1.09. The largest absolute Gasteiger partial charge is 0.291 e. The molecule has 3 heteroatoms. The molecule has 0 N–H and O–H groups in total. The van der Waals surface area contributed by atoms with Gasteiger partial charge in [-0.2, -0.15) is 0 Å². The summed E-state index contributed by atoms with van der Waals surface area (Å²) in [7, 11) is 4.29. The SMILES string of the molecule is CCN(C)N1CCN(C)C1. The van der Waals surface area contributed by atoms with Crippen molar-refractivity contribution in [2.45, 2.75) is 6.92 Å². The molecule has 0 aromatic rings. The second kappa shape index (κ2) is 3.32. The molecule has 1 rings (SSSR count). The van der Waals surface area contributed by atoms with Gasteiger partial charge < -0.3 is 0 Å². The molecule has 1 aliphatic heterocycles. The molecule has 0 atom stereocenters. The Hall–Kier alpha value is -0.120. The van der Waals surface area contributed by atoms with Gasteiger partial charge in [-0.3, -0.25) is 4.90 Å². The highest BCUT2D eigenvalue weighted by Gasteiger charge is 2.18. The third-order valence-corrected chi connectivity index (χ3v) is 2.08. The topological polar surface area (TPSA) is 9.72 Å². The van der Waals surface area contributed by atoms with Crippen LogP contribution >= 0.6 is 0 Å². The zero-order chi connectivity index (χ0) is 7.56. The predicted molar refractivity (Wildman–Crippen MR) is 42.5 cm³/mol. The summed E-state index contributed by atoms with van der Waals surface area (Å²) >= 11 is 0. The number of hydrogen-bond acceptors (Lipinski definition) is 3. The highest BCUT2D eigenvalue weighted by molar-refractivity contribution is 4.64. The van der Waals surface area contributed by atoms with Crippen LogP contribution in [0, 0.1) is 0 Å². The van der Waals surface area contributed by atoms with Crippen LogP contribution in [0.4, 0.5) is 0 Å². The third kappa shape index (κ3) is 1.68. The summed E-state index contributed by atoms with van der Waals surface area (Å²) in [4.78, 5) is 2.33. The number of nitrogens with zero attached hydrogens (tertiary/aromatic N) is 3. The van der Waals surface area contributed by atoms with E-state index in [4.69, 9.17) is 0 Å². The van der Waals surface area contributed by atoms with Crippen LogP contribution in [-0.4, -0.2) is 55.3 Å². The lowest BCUT2D eigenvalue weighted by Crippen LogP contribution is -2.38.